The predicted octanol–water partition coefficient (Wildman–Crippen LogP) is 0.983. The minimum Gasteiger partial charge on any atom is -0.454 e. The minimum atomic E-state index is -0.316. The molecular weight excluding hydrogens is 248 g/mol. The number of hydrogen-bond acceptors (Lipinski definition) is 5. The van der Waals surface area contributed by atoms with E-state index in [0.717, 1.165) is 0 Å². The largest absolute Gasteiger partial charge is 0.454 e. The topological polar surface area (TPSA) is 91.4 Å². The molecule has 3 N–H and O–H groups in total. The van der Waals surface area contributed by atoms with Gasteiger partial charge in [-0.2, -0.15) is 5.10 Å². The van der Waals surface area contributed by atoms with Crippen molar-refractivity contribution in [3.8, 4) is 11.5 Å². The molecule has 0 atom stereocenters. The van der Waals surface area contributed by atoms with Gasteiger partial charge in [-0.25, -0.2) is 0 Å². The lowest BCUT2D eigenvalue weighted by molar-refractivity contribution is 0.102. The van der Waals surface area contributed by atoms with Crippen LogP contribution in [-0.2, 0) is 7.05 Å². The Bertz CT molecular complexity index is 650. The number of carbonyl (C=O) groups excluding carboxylic acids is 1. The summed E-state index contributed by atoms with van der Waals surface area (Å²) in [6.07, 6.45) is 3.25. The third-order valence-electron chi connectivity index (χ3n) is 2.75. The van der Waals surface area contributed by atoms with Crippen molar-refractivity contribution in [2.75, 3.05) is 17.8 Å². The van der Waals surface area contributed by atoms with Crippen LogP contribution in [0.4, 0.5) is 11.4 Å². The Labute approximate surface area is 108 Å². The highest BCUT2D eigenvalue weighted by molar-refractivity contribution is 6.08. The van der Waals surface area contributed by atoms with Crippen LogP contribution >= 0.6 is 0 Å². The average Bonchev–Trinajstić information content (AvgIpc) is 2.96. The van der Waals surface area contributed by atoms with Gasteiger partial charge >= 0.3 is 0 Å². The number of fused-ring (bicyclic) bond motifs is 1. The average molecular weight is 260 g/mol. The Hall–Kier alpha value is -2.70. The second kappa shape index (κ2) is 4.20. The normalized spacial score (nSPS) is 12.5. The van der Waals surface area contributed by atoms with Gasteiger partial charge in [0.25, 0.3) is 5.91 Å². The van der Waals surface area contributed by atoms with Crippen molar-refractivity contribution in [1.82, 2.24) is 9.78 Å². The first-order valence-corrected chi connectivity index (χ1v) is 5.62. The minimum absolute atomic E-state index is 0.141. The molecular formula is C12H12N4O3. The molecule has 1 aromatic heterocycles. The Balaban J connectivity index is 1.87. The number of hydrogen-bond donors (Lipinski definition) is 2. The van der Waals surface area contributed by atoms with E-state index in [1.807, 2.05) is 0 Å². The smallest absolute Gasteiger partial charge is 0.257 e. The van der Waals surface area contributed by atoms with Gasteiger partial charge in [0.15, 0.2) is 11.5 Å². The first-order valence-electron chi connectivity index (χ1n) is 5.62. The third-order valence-corrected chi connectivity index (χ3v) is 2.75. The maximum absolute atomic E-state index is 12.1. The van der Waals surface area contributed by atoms with E-state index < -0.39 is 0 Å². The van der Waals surface area contributed by atoms with Crippen LogP contribution < -0.4 is 20.5 Å². The summed E-state index contributed by atoms with van der Waals surface area (Å²) in [5, 5.41) is 6.68. The molecule has 1 aliphatic heterocycles. The standard InChI is InChI=1S/C12H12N4O3/c1-16-5-7(4-14-16)15-12(17)8-2-10-11(3-9(8)13)19-6-18-10/h2-5H,6,13H2,1H3,(H,15,17). The molecule has 2 heterocycles. The number of nitrogen functional groups attached to an aromatic ring is 1. The second-order valence-electron chi connectivity index (χ2n) is 4.15. The van der Waals surface area contributed by atoms with Gasteiger partial charge in [0, 0.05) is 25.0 Å². The Morgan fingerprint density at radius 2 is 2.16 bits per heavy atom. The molecule has 3 rings (SSSR count). The van der Waals surface area contributed by atoms with Gasteiger partial charge in [0.05, 0.1) is 17.4 Å². The number of rotatable bonds is 2. The maximum atomic E-state index is 12.1. The molecule has 7 nitrogen and oxygen atoms in total. The number of carbonyl (C=O) groups is 1. The van der Waals surface area contributed by atoms with Gasteiger partial charge in [-0.05, 0) is 6.07 Å². The maximum Gasteiger partial charge on any atom is 0.257 e. The van der Waals surface area contributed by atoms with Gasteiger partial charge in [0.2, 0.25) is 6.79 Å². The van der Waals surface area contributed by atoms with Gasteiger partial charge < -0.3 is 20.5 Å². The molecule has 0 bridgehead atoms. The fourth-order valence-corrected chi connectivity index (χ4v) is 1.84. The summed E-state index contributed by atoms with van der Waals surface area (Å²) in [5.74, 6) is 0.754. The monoisotopic (exact) mass is 260 g/mol. The molecule has 7 heteroatoms. The second-order valence-corrected chi connectivity index (χ2v) is 4.15. The summed E-state index contributed by atoms with van der Waals surface area (Å²) >= 11 is 0. The summed E-state index contributed by atoms with van der Waals surface area (Å²) in [4.78, 5) is 12.1. The van der Waals surface area contributed by atoms with Crippen molar-refractivity contribution in [3.05, 3.63) is 30.1 Å². The number of nitrogens with two attached hydrogens (primary N) is 1. The number of aryl methyl sites for hydroxylation is 1. The number of nitrogens with zero attached hydrogens (tertiary/aromatic N) is 2. The summed E-state index contributed by atoms with van der Waals surface area (Å²) in [7, 11) is 1.77. The lowest BCUT2D eigenvalue weighted by Gasteiger charge is -2.07. The highest BCUT2D eigenvalue weighted by atomic mass is 16.7. The first kappa shape index (κ1) is 11.4. The molecule has 19 heavy (non-hydrogen) atoms. The molecule has 1 amide bonds. The molecule has 1 aliphatic rings. The summed E-state index contributed by atoms with van der Waals surface area (Å²) < 4.78 is 12.0. The van der Waals surface area contributed by atoms with Gasteiger partial charge in [-0.3, -0.25) is 9.48 Å². The van der Waals surface area contributed by atoms with Crippen LogP contribution in [0.1, 0.15) is 10.4 Å². The zero-order valence-corrected chi connectivity index (χ0v) is 10.2. The van der Waals surface area contributed by atoms with E-state index in [-0.39, 0.29) is 12.7 Å². The van der Waals surface area contributed by atoms with Crippen LogP contribution in [0.3, 0.4) is 0 Å². The van der Waals surface area contributed by atoms with Crippen molar-refractivity contribution in [1.29, 1.82) is 0 Å². The number of nitrogens with one attached hydrogen (secondary N) is 1. The lowest BCUT2D eigenvalue weighted by Crippen LogP contribution is -2.13. The Morgan fingerprint density at radius 3 is 2.84 bits per heavy atom. The molecule has 0 saturated carbocycles. The molecule has 1 aromatic carbocycles. The van der Waals surface area contributed by atoms with E-state index in [1.165, 1.54) is 0 Å². The molecule has 0 spiro atoms. The first-order chi connectivity index (χ1) is 9.13. The third kappa shape index (κ3) is 2.05. The number of aromatic nitrogens is 2. The highest BCUT2D eigenvalue weighted by Crippen LogP contribution is 2.36. The van der Waals surface area contributed by atoms with Crippen molar-refractivity contribution in [2.24, 2.45) is 7.05 Å². The van der Waals surface area contributed by atoms with Crippen molar-refractivity contribution >= 4 is 17.3 Å². The lowest BCUT2D eigenvalue weighted by atomic mass is 10.1. The van der Waals surface area contributed by atoms with E-state index in [2.05, 4.69) is 10.4 Å². The van der Waals surface area contributed by atoms with Gasteiger partial charge in [-0.1, -0.05) is 0 Å². The predicted molar refractivity (Wildman–Crippen MR) is 68.1 cm³/mol. The zero-order valence-electron chi connectivity index (χ0n) is 10.2. The van der Waals surface area contributed by atoms with Gasteiger partial charge in [0.1, 0.15) is 0 Å². The molecule has 98 valence electrons. The molecule has 0 fully saturated rings. The molecule has 0 unspecified atom stereocenters. The fraction of sp³-hybridized carbons (Fsp3) is 0.167. The Kier molecular flexibility index (Phi) is 2.52. The molecule has 0 aliphatic carbocycles. The highest BCUT2D eigenvalue weighted by Gasteiger charge is 2.19. The van der Waals surface area contributed by atoms with E-state index in [0.29, 0.717) is 28.4 Å². The summed E-state index contributed by atoms with van der Waals surface area (Å²) in [6, 6.07) is 3.16. The van der Waals surface area contributed by atoms with Crippen molar-refractivity contribution < 1.29 is 14.3 Å². The zero-order chi connectivity index (χ0) is 13.4. The van der Waals surface area contributed by atoms with E-state index >= 15 is 0 Å². The van der Waals surface area contributed by atoms with E-state index in [9.17, 15) is 4.79 Å². The molecule has 2 aromatic rings. The Morgan fingerprint density at radius 1 is 1.42 bits per heavy atom. The number of benzene rings is 1. The SMILES string of the molecule is Cn1cc(NC(=O)c2cc3c(cc2N)OCO3)cn1. The fourth-order valence-electron chi connectivity index (χ4n) is 1.84. The van der Waals surface area contributed by atoms with Crippen LogP contribution in [0.2, 0.25) is 0 Å². The number of anilines is 2. The molecule has 0 radical (unpaired) electrons. The van der Waals surface area contributed by atoms with Crippen molar-refractivity contribution in [3.63, 3.8) is 0 Å². The summed E-state index contributed by atoms with van der Waals surface area (Å²) in [6.45, 7) is 0.141. The van der Waals surface area contributed by atoms with E-state index in [4.69, 9.17) is 15.2 Å². The number of ether oxygens (including phenoxy) is 2. The van der Waals surface area contributed by atoms with Crippen LogP contribution in [0.25, 0.3) is 0 Å². The van der Waals surface area contributed by atoms with Crippen molar-refractivity contribution in [2.45, 2.75) is 0 Å². The van der Waals surface area contributed by atoms with Crippen LogP contribution in [0, 0.1) is 0 Å². The van der Waals surface area contributed by atoms with Crippen LogP contribution in [-0.4, -0.2) is 22.5 Å². The van der Waals surface area contributed by atoms with E-state index in [1.54, 1.807) is 36.3 Å². The number of amides is 1. The quantitative estimate of drug-likeness (QED) is 0.785. The van der Waals surface area contributed by atoms with Crippen LogP contribution in [0.15, 0.2) is 24.5 Å². The van der Waals surface area contributed by atoms with Gasteiger partial charge in [-0.15, -0.1) is 0 Å². The summed E-state index contributed by atoms with van der Waals surface area (Å²) in [5.41, 5.74) is 7.12. The van der Waals surface area contributed by atoms with Crippen LogP contribution in [0.5, 0.6) is 11.5 Å². The molecule has 0 saturated heterocycles.